The molecule has 1 atom stereocenters. The summed E-state index contributed by atoms with van der Waals surface area (Å²) < 4.78 is 5.92. The number of nitrogens with one attached hydrogen (secondary N) is 1. The number of ether oxygens (including phenoxy) is 1. The number of pyridine rings is 1. The lowest BCUT2D eigenvalue weighted by Gasteiger charge is -2.19. The van der Waals surface area contributed by atoms with Gasteiger partial charge in [0.05, 0.1) is 5.56 Å². The molecule has 1 N–H and O–H groups in total. The second kappa shape index (κ2) is 8.25. The summed E-state index contributed by atoms with van der Waals surface area (Å²) in [5.74, 6) is -0.696. The summed E-state index contributed by atoms with van der Waals surface area (Å²) >= 11 is 3.25. The lowest BCUT2D eigenvalue weighted by Crippen LogP contribution is -2.30. The number of amides is 1. The Balaban J connectivity index is 2.10. The molecule has 0 radical (unpaired) electrons. The summed E-state index contributed by atoms with van der Waals surface area (Å²) in [6.45, 7) is 7.61. The van der Waals surface area contributed by atoms with Gasteiger partial charge < -0.3 is 10.1 Å². The summed E-state index contributed by atoms with van der Waals surface area (Å²) in [7, 11) is 0. The number of nitrogens with zero attached hydrogens (tertiary/aromatic N) is 1. The molecular formula is C19H21BrN2O3. The average molecular weight is 405 g/mol. The van der Waals surface area contributed by atoms with E-state index >= 15 is 0 Å². The number of rotatable bonds is 5. The van der Waals surface area contributed by atoms with E-state index in [1.54, 1.807) is 19.2 Å². The van der Waals surface area contributed by atoms with Gasteiger partial charge in [0, 0.05) is 22.6 Å². The van der Waals surface area contributed by atoms with Gasteiger partial charge in [-0.3, -0.25) is 9.78 Å². The molecule has 0 aliphatic carbocycles. The number of carbonyl (C=O) groups is 2. The van der Waals surface area contributed by atoms with Crippen LogP contribution in [0.1, 0.15) is 48.2 Å². The minimum Gasteiger partial charge on any atom is -0.449 e. The van der Waals surface area contributed by atoms with Crippen LogP contribution in [0.3, 0.4) is 0 Å². The number of anilines is 1. The number of halogens is 1. The van der Waals surface area contributed by atoms with Gasteiger partial charge in [0.15, 0.2) is 6.10 Å². The topological polar surface area (TPSA) is 68.3 Å². The van der Waals surface area contributed by atoms with Gasteiger partial charge in [0.2, 0.25) is 0 Å². The van der Waals surface area contributed by atoms with Gasteiger partial charge in [0.25, 0.3) is 5.91 Å². The van der Waals surface area contributed by atoms with Gasteiger partial charge in [-0.25, -0.2) is 4.79 Å². The molecule has 0 bridgehead atoms. The molecule has 0 saturated heterocycles. The fourth-order valence-electron chi connectivity index (χ4n) is 2.37. The fraction of sp³-hybridized carbons (Fsp3) is 0.316. The number of hydrogen-bond donors (Lipinski definition) is 1. The van der Waals surface area contributed by atoms with Crippen LogP contribution in [0.5, 0.6) is 0 Å². The molecule has 0 aliphatic heterocycles. The first kappa shape index (κ1) is 19.1. The number of para-hydroxylation sites is 1. The van der Waals surface area contributed by atoms with Crippen LogP contribution in [-0.4, -0.2) is 23.0 Å². The minimum atomic E-state index is -0.925. The smallest absolute Gasteiger partial charge is 0.340 e. The zero-order valence-electron chi connectivity index (χ0n) is 14.7. The summed E-state index contributed by atoms with van der Waals surface area (Å²) in [6, 6.07) is 7.48. The lowest BCUT2D eigenvalue weighted by molar-refractivity contribution is -0.123. The SMILES string of the molecule is Cc1cccc(C(C)C)c1NC(=O)[C@@H](C)OC(=O)c1cncc(Br)c1. The Kier molecular flexibility index (Phi) is 6.31. The number of aryl methyl sites for hydroxylation is 1. The molecule has 1 aromatic carbocycles. The number of aromatic nitrogens is 1. The molecular weight excluding hydrogens is 384 g/mol. The van der Waals surface area contributed by atoms with Crippen LogP contribution >= 0.6 is 15.9 Å². The Hall–Kier alpha value is -2.21. The van der Waals surface area contributed by atoms with Crippen molar-refractivity contribution in [1.29, 1.82) is 0 Å². The van der Waals surface area contributed by atoms with E-state index in [1.165, 1.54) is 6.20 Å². The van der Waals surface area contributed by atoms with Crippen molar-refractivity contribution in [2.24, 2.45) is 0 Å². The van der Waals surface area contributed by atoms with Crippen molar-refractivity contribution in [1.82, 2.24) is 4.98 Å². The van der Waals surface area contributed by atoms with Crippen LogP contribution in [0.15, 0.2) is 41.1 Å². The van der Waals surface area contributed by atoms with Crippen LogP contribution < -0.4 is 5.32 Å². The maximum absolute atomic E-state index is 12.5. The van der Waals surface area contributed by atoms with Gasteiger partial charge in [-0.2, -0.15) is 0 Å². The van der Waals surface area contributed by atoms with Crippen LogP contribution in [0.4, 0.5) is 5.69 Å². The number of esters is 1. The summed E-state index contributed by atoms with van der Waals surface area (Å²) in [5.41, 5.74) is 3.07. The predicted molar refractivity (Wildman–Crippen MR) is 101 cm³/mol. The third-order valence-corrected chi connectivity index (χ3v) is 4.20. The molecule has 1 aromatic heterocycles. The standard InChI is InChI=1S/C19H21BrN2O3/c1-11(2)16-7-5-6-12(3)17(16)22-18(23)13(4)25-19(24)14-8-15(20)10-21-9-14/h5-11,13H,1-4H3,(H,22,23)/t13-/m1/s1. The molecule has 1 heterocycles. The molecule has 1 amide bonds. The van der Waals surface area contributed by atoms with Crippen LogP contribution in [0.2, 0.25) is 0 Å². The van der Waals surface area contributed by atoms with E-state index in [-0.39, 0.29) is 17.4 Å². The van der Waals surface area contributed by atoms with Crippen molar-refractivity contribution in [3.63, 3.8) is 0 Å². The maximum Gasteiger partial charge on any atom is 0.340 e. The highest BCUT2D eigenvalue weighted by molar-refractivity contribution is 9.10. The first-order valence-corrected chi connectivity index (χ1v) is 8.80. The molecule has 0 fully saturated rings. The van der Waals surface area contributed by atoms with Crippen molar-refractivity contribution >= 4 is 33.5 Å². The summed E-state index contributed by atoms with van der Waals surface area (Å²) in [5, 5.41) is 2.89. The van der Waals surface area contributed by atoms with Gasteiger partial charge in [-0.05, 0) is 52.9 Å². The molecule has 25 heavy (non-hydrogen) atoms. The van der Waals surface area contributed by atoms with E-state index in [4.69, 9.17) is 4.74 Å². The summed E-state index contributed by atoms with van der Waals surface area (Å²) in [6.07, 6.45) is 2.04. The monoisotopic (exact) mass is 404 g/mol. The van der Waals surface area contributed by atoms with Crippen LogP contribution in [0, 0.1) is 6.92 Å². The Morgan fingerprint density at radius 3 is 2.56 bits per heavy atom. The molecule has 5 nitrogen and oxygen atoms in total. The van der Waals surface area contributed by atoms with E-state index in [2.05, 4.69) is 40.1 Å². The minimum absolute atomic E-state index is 0.265. The van der Waals surface area contributed by atoms with E-state index in [9.17, 15) is 9.59 Å². The maximum atomic E-state index is 12.5. The average Bonchev–Trinajstić information content (AvgIpc) is 2.56. The normalized spacial score (nSPS) is 11.9. The number of carbonyl (C=O) groups excluding carboxylic acids is 2. The first-order chi connectivity index (χ1) is 11.8. The second-order valence-electron chi connectivity index (χ2n) is 6.12. The summed E-state index contributed by atoms with van der Waals surface area (Å²) in [4.78, 5) is 28.5. The van der Waals surface area contributed by atoms with Gasteiger partial charge in [-0.15, -0.1) is 0 Å². The molecule has 2 aromatic rings. The van der Waals surface area contributed by atoms with Crippen molar-refractivity contribution in [2.45, 2.75) is 39.7 Å². The third-order valence-electron chi connectivity index (χ3n) is 3.77. The number of benzene rings is 1. The molecule has 6 heteroatoms. The van der Waals surface area contributed by atoms with Crippen molar-refractivity contribution in [3.8, 4) is 0 Å². The first-order valence-electron chi connectivity index (χ1n) is 8.01. The third kappa shape index (κ3) is 4.89. The molecule has 0 unspecified atom stereocenters. The highest BCUT2D eigenvalue weighted by Gasteiger charge is 2.21. The molecule has 2 rings (SSSR count). The Bertz CT molecular complexity index is 790. The van der Waals surface area contributed by atoms with E-state index in [1.807, 2.05) is 25.1 Å². The zero-order chi connectivity index (χ0) is 18.6. The van der Waals surface area contributed by atoms with E-state index < -0.39 is 12.1 Å². The Labute approximate surface area is 155 Å². The van der Waals surface area contributed by atoms with Gasteiger partial charge >= 0.3 is 5.97 Å². The zero-order valence-corrected chi connectivity index (χ0v) is 16.3. The fourth-order valence-corrected chi connectivity index (χ4v) is 2.74. The van der Waals surface area contributed by atoms with E-state index in [0.29, 0.717) is 4.47 Å². The van der Waals surface area contributed by atoms with Gasteiger partial charge in [-0.1, -0.05) is 32.0 Å². The quantitative estimate of drug-likeness (QED) is 0.746. The Morgan fingerprint density at radius 1 is 1.20 bits per heavy atom. The highest BCUT2D eigenvalue weighted by Crippen LogP contribution is 2.27. The van der Waals surface area contributed by atoms with Gasteiger partial charge in [0.1, 0.15) is 0 Å². The second-order valence-corrected chi connectivity index (χ2v) is 7.04. The van der Waals surface area contributed by atoms with Crippen LogP contribution in [0.25, 0.3) is 0 Å². The molecule has 0 saturated carbocycles. The molecule has 0 spiro atoms. The highest BCUT2D eigenvalue weighted by atomic mass is 79.9. The van der Waals surface area contributed by atoms with Crippen molar-refractivity contribution in [2.75, 3.05) is 5.32 Å². The molecule has 0 aliphatic rings. The van der Waals surface area contributed by atoms with Crippen LogP contribution in [-0.2, 0) is 9.53 Å². The van der Waals surface area contributed by atoms with Crippen molar-refractivity contribution < 1.29 is 14.3 Å². The predicted octanol–water partition coefficient (Wildman–Crippen LogP) is 4.46. The number of hydrogen-bond acceptors (Lipinski definition) is 4. The van der Waals surface area contributed by atoms with E-state index in [0.717, 1.165) is 16.8 Å². The lowest BCUT2D eigenvalue weighted by atomic mass is 9.98. The van der Waals surface area contributed by atoms with Crippen molar-refractivity contribution in [3.05, 3.63) is 57.8 Å². The largest absolute Gasteiger partial charge is 0.449 e. The molecule has 132 valence electrons. The Morgan fingerprint density at radius 2 is 1.92 bits per heavy atom.